The molecule has 0 radical (unpaired) electrons. The van der Waals surface area contributed by atoms with Crippen LogP contribution in [0.15, 0.2) is 48.5 Å². The fourth-order valence-electron chi connectivity index (χ4n) is 3.14. The SMILES string of the molecule is O=C(Nc1nnc(Cc2ccccc2)s1)N[C@H]1CCCOc2ccc(F)cc21. The Morgan fingerprint density at radius 1 is 1.21 bits per heavy atom. The molecular weight excluding hydrogens is 379 g/mol. The summed E-state index contributed by atoms with van der Waals surface area (Å²) < 4.78 is 19.3. The van der Waals surface area contributed by atoms with Crippen LogP contribution in [-0.2, 0) is 6.42 Å². The van der Waals surface area contributed by atoms with E-state index in [9.17, 15) is 9.18 Å². The van der Waals surface area contributed by atoms with Gasteiger partial charge in [0.15, 0.2) is 0 Å². The molecule has 8 heteroatoms. The fourth-order valence-corrected chi connectivity index (χ4v) is 3.90. The Bertz CT molecular complexity index is 964. The van der Waals surface area contributed by atoms with Gasteiger partial charge in [0.25, 0.3) is 0 Å². The van der Waals surface area contributed by atoms with Crippen molar-refractivity contribution in [1.29, 1.82) is 0 Å². The van der Waals surface area contributed by atoms with Crippen LogP contribution in [0.5, 0.6) is 5.75 Å². The number of amides is 2. The Morgan fingerprint density at radius 2 is 2.07 bits per heavy atom. The number of hydrogen-bond donors (Lipinski definition) is 2. The van der Waals surface area contributed by atoms with Gasteiger partial charge < -0.3 is 10.1 Å². The van der Waals surface area contributed by atoms with Crippen molar-refractivity contribution in [2.75, 3.05) is 11.9 Å². The Morgan fingerprint density at radius 3 is 2.93 bits per heavy atom. The van der Waals surface area contributed by atoms with E-state index in [1.807, 2.05) is 30.3 Å². The second-order valence-corrected chi connectivity index (χ2v) is 7.55. The zero-order valence-corrected chi connectivity index (χ0v) is 15.8. The number of rotatable bonds is 4. The second-order valence-electron chi connectivity index (χ2n) is 6.49. The predicted molar refractivity (Wildman–Crippen MR) is 105 cm³/mol. The fraction of sp³-hybridized carbons (Fsp3) is 0.250. The van der Waals surface area contributed by atoms with E-state index in [1.54, 1.807) is 6.07 Å². The monoisotopic (exact) mass is 398 g/mol. The summed E-state index contributed by atoms with van der Waals surface area (Å²) in [7, 11) is 0. The molecular formula is C20H19FN4O2S. The normalized spacial score (nSPS) is 15.8. The molecule has 0 unspecified atom stereocenters. The van der Waals surface area contributed by atoms with Gasteiger partial charge in [-0.15, -0.1) is 10.2 Å². The van der Waals surface area contributed by atoms with Crippen molar-refractivity contribution in [2.45, 2.75) is 25.3 Å². The Hall–Kier alpha value is -3.00. The lowest BCUT2D eigenvalue weighted by molar-refractivity contribution is 0.247. The molecule has 28 heavy (non-hydrogen) atoms. The maximum absolute atomic E-state index is 13.7. The summed E-state index contributed by atoms with van der Waals surface area (Å²) >= 11 is 1.33. The highest BCUT2D eigenvalue weighted by Gasteiger charge is 2.22. The van der Waals surface area contributed by atoms with Crippen LogP contribution in [0.1, 0.15) is 35.0 Å². The summed E-state index contributed by atoms with van der Waals surface area (Å²) in [5.41, 5.74) is 1.78. The van der Waals surface area contributed by atoms with Crippen LogP contribution in [0, 0.1) is 5.82 Å². The van der Waals surface area contributed by atoms with Gasteiger partial charge in [-0.25, -0.2) is 9.18 Å². The lowest BCUT2D eigenvalue weighted by Gasteiger charge is -2.18. The molecule has 1 aliphatic rings. The lowest BCUT2D eigenvalue weighted by atomic mass is 10.0. The van der Waals surface area contributed by atoms with Gasteiger partial charge in [0.05, 0.1) is 12.6 Å². The molecule has 1 aromatic heterocycles. The molecule has 0 saturated heterocycles. The second kappa shape index (κ2) is 8.35. The molecule has 6 nitrogen and oxygen atoms in total. The third-order valence-corrected chi connectivity index (χ3v) is 5.27. The average molecular weight is 398 g/mol. The average Bonchev–Trinajstić information content (AvgIpc) is 3.02. The summed E-state index contributed by atoms with van der Waals surface area (Å²) in [5, 5.41) is 15.0. The summed E-state index contributed by atoms with van der Waals surface area (Å²) in [5.74, 6) is 0.247. The van der Waals surface area contributed by atoms with Gasteiger partial charge in [-0.05, 0) is 36.6 Å². The van der Waals surface area contributed by atoms with Gasteiger partial charge in [-0.3, -0.25) is 5.32 Å². The Balaban J connectivity index is 1.40. The van der Waals surface area contributed by atoms with Crippen LogP contribution in [0.4, 0.5) is 14.3 Å². The third-order valence-electron chi connectivity index (χ3n) is 4.43. The lowest BCUT2D eigenvalue weighted by Crippen LogP contribution is -2.32. The number of carbonyl (C=O) groups is 1. The van der Waals surface area contributed by atoms with E-state index in [0.29, 0.717) is 35.9 Å². The molecule has 0 fully saturated rings. The standard InChI is InChI=1S/C20H19FN4O2S/c21-14-8-9-17-15(12-14)16(7-4-10-27-17)22-19(26)23-20-25-24-18(28-20)11-13-5-2-1-3-6-13/h1-3,5-6,8-9,12,16H,4,7,10-11H2,(H2,22,23,25,26)/t16-/m0/s1. The highest BCUT2D eigenvalue weighted by atomic mass is 32.1. The van der Waals surface area contributed by atoms with Crippen LogP contribution in [0.3, 0.4) is 0 Å². The van der Waals surface area contributed by atoms with Crippen LogP contribution in [0.25, 0.3) is 0 Å². The number of ether oxygens (including phenoxy) is 1. The summed E-state index contributed by atoms with van der Waals surface area (Å²) in [6.45, 7) is 0.539. The molecule has 0 bridgehead atoms. The van der Waals surface area contributed by atoms with Gasteiger partial charge in [0, 0.05) is 12.0 Å². The smallest absolute Gasteiger partial charge is 0.321 e. The predicted octanol–water partition coefficient (Wildman–Crippen LogP) is 4.30. The number of hydrogen-bond acceptors (Lipinski definition) is 5. The first kappa shape index (κ1) is 18.4. The molecule has 0 aliphatic carbocycles. The minimum Gasteiger partial charge on any atom is -0.493 e. The van der Waals surface area contributed by atoms with Crippen LogP contribution in [0.2, 0.25) is 0 Å². The Kier molecular flexibility index (Phi) is 5.48. The van der Waals surface area contributed by atoms with Gasteiger partial charge in [0.2, 0.25) is 5.13 Å². The summed E-state index contributed by atoms with van der Waals surface area (Å²) in [6, 6.07) is 13.6. The molecule has 3 aromatic rings. The van der Waals surface area contributed by atoms with E-state index in [-0.39, 0.29) is 11.9 Å². The molecule has 0 saturated carbocycles. The van der Waals surface area contributed by atoms with Crippen molar-refractivity contribution in [1.82, 2.24) is 15.5 Å². The molecule has 2 heterocycles. The van der Waals surface area contributed by atoms with Crippen LogP contribution < -0.4 is 15.4 Å². The molecule has 2 aromatic carbocycles. The number of nitrogens with one attached hydrogen (secondary N) is 2. The first-order valence-corrected chi connectivity index (χ1v) is 9.85. The number of carbonyl (C=O) groups excluding carboxylic acids is 1. The van der Waals surface area contributed by atoms with Crippen LogP contribution >= 0.6 is 11.3 Å². The molecule has 1 aliphatic heterocycles. The number of anilines is 1. The molecule has 2 N–H and O–H groups in total. The maximum Gasteiger partial charge on any atom is 0.321 e. The molecule has 4 rings (SSSR count). The number of halogens is 1. The van der Waals surface area contributed by atoms with E-state index >= 15 is 0 Å². The molecule has 0 spiro atoms. The van der Waals surface area contributed by atoms with Crippen molar-refractivity contribution < 1.29 is 13.9 Å². The Labute approximate surface area is 165 Å². The minimum atomic E-state index is -0.399. The molecule has 144 valence electrons. The number of nitrogens with zero attached hydrogens (tertiary/aromatic N) is 2. The van der Waals surface area contributed by atoms with Crippen molar-refractivity contribution in [3.8, 4) is 5.75 Å². The number of fused-ring (bicyclic) bond motifs is 1. The van der Waals surface area contributed by atoms with Crippen LogP contribution in [-0.4, -0.2) is 22.8 Å². The first-order valence-electron chi connectivity index (χ1n) is 9.03. The zero-order chi connectivity index (χ0) is 19.3. The minimum absolute atomic E-state index is 0.329. The first-order chi connectivity index (χ1) is 13.7. The summed E-state index contributed by atoms with van der Waals surface area (Å²) in [4.78, 5) is 12.4. The number of urea groups is 1. The quantitative estimate of drug-likeness (QED) is 0.687. The molecule has 1 atom stereocenters. The van der Waals surface area contributed by atoms with Crippen molar-refractivity contribution in [3.05, 3.63) is 70.5 Å². The van der Waals surface area contributed by atoms with Gasteiger partial charge in [-0.2, -0.15) is 0 Å². The van der Waals surface area contributed by atoms with Gasteiger partial charge in [0.1, 0.15) is 16.6 Å². The largest absolute Gasteiger partial charge is 0.493 e. The van der Waals surface area contributed by atoms with Crippen molar-refractivity contribution in [3.63, 3.8) is 0 Å². The highest BCUT2D eigenvalue weighted by molar-refractivity contribution is 7.15. The van der Waals surface area contributed by atoms with E-state index in [2.05, 4.69) is 20.8 Å². The van der Waals surface area contributed by atoms with E-state index in [0.717, 1.165) is 17.0 Å². The van der Waals surface area contributed by atoms with Crippen molar-refractivity contribution >= 4 is 22.5 Å². The maximum atomic E-state index is 13.7. The van der Waals surface area contributed by atoms with E-state index < -0.39 is 6.03 Å². The van der Waals surface area contributed by atoms with Crippen molar-refractivity contribution in [2.24, 2.45) is 0 Å². The zero-order valence-electron chi connectivity index (χ0n) is 15.0. The molecule has 2 amide bonds. The van der Waals surface area contributed by atoms with E-state index in [1.165, 1.54) is 23.5 Å². The number of benzene rings is 2. The van der Waals surface area contributed by atoms with Gasteiger partial charge >= 0.3 is 6.03 Å². The third kappa shape index (κ3) is 4.45. The highest BCUT2D eigenvalue weighted by Crippen LogP contribution is 2.32. The summed E-state index contributed by atoms with van der Waals surface area (Å²) in [6.07, 6.45) is 2.09. The van der Waals surface area contributed by atoms with E-state index in [4.69, 9.17) is 4.74 Å². The van der Waals surface area contributed by atoms with Gasteiger partial charge in [-0.1, -0.05) is 41.7 Å². The topological polar surface area (TPSA) is 76.1 Å². The number of aromatic nitrogens is 2.